The van der Waals surface area contributed by atoms with Crippen molar-refractivity contribution >= 4 is 11.6 Å². The molecule has 1 aromatic carbocycles. The van der Waals surface area contributed by atoms with Crippen LogP contribution in [0, 0.1) is 12.7 Å². The van der Waals surface area contributed by atoms with Gasteiger partial charge in [-0.1, -0.05) is 18.2 Å². The summed E-state index contributed by atoms with van der Waals surface area (Å²) in [5, 5.41) is 3.04. The Morgan fingerprint density at radius 2 is 2.00 bits per heavy atom. The largest absolute Gasteiger partial charge is 0.350 e. The molecule has 0 radical (unpaired) electrons. The Morgan fingerprint density at radius 1 is 1.25 bits per heavy atom. The van der Waals surface area contributed by atoms with Crippen LogP contribution in [-0.4, -0.2) is 21.8 Å². The summed E-state index contributed by atoms with van der Waals surface area (Å²) in [6, 6.07) is 12.2. The van der Waals surface area contributed by atoms with Crippen molar-refractivity contribution in [3.8, 4) is 0 Å². The van der Waals surface area contributed by atoms with E-state index in [0.717, 1.165) is 24.1 Å². The van der Waals surface area contributed by atoms with Crippen LogP contribution in [0.5, 0.6) is 0 Å². The summed E-state index contributed by atoms with van der Waals surface area (Å²) in [5.41, 5.74) is 3.07. The van der Waals surface area contributed by atoms with Gasteiger partial charge in [0.2, 0.25) is 0 Å². The Kier molecular flexibility index (Phi) is 3.37. The number of fused-ring (bicyclic) bond motifs is 1. The molecule has 2 aromatic heterocycles. The number of hydrogen-bond donors (Lipinski definition) is 1. The van der Waals surface area contributed by atoms with E-state index in [1.54, 1.807) is 0 Å². The lowest BCUT2D eigenvalue weighted by Gasteiger charge is -2.16. The number of benzene rings is 1. The molecule has 4 rings (SSSR count). The Morgan fingerprint density at radius 3 is 2.71 bits per heavy atom. The first kappa shape index (κ1) is 14.9. The molecule has 5 heteroatoms. The van der Waals surface area contributed by atoms with E-state index < -0.39 is 0 Å². The van der Waals surface area contributed by atoms with Gasteiger partial charge in [-0.25, -0.2) is 9.37 Å². The first-order valence-corrected chi connectivity index (χ1v) is 8.07. The van der Waals surface area contributed by atoms with E-state index >= 15 is 0 Å². The van der Waals surface area contributed by atoms with Gasteiger partial charge in [-0.2, -0.15) is 0 Å². The fraction of sp³-hybridized carbons (Fsp3) is 0.263. The molecule has 3 aromatic rings. The molecule has 0 spiro atoms. The monoisotopic (exact) mass is 323 g/mol. The number of hydrogen-bond acceptors (Lipinski definition) is 2. The zero-order valence-corrected chi connectivity index (χ0v) is 13.4. The minimum Gasteiger partial charge on any atom is -0.350 e. The average Bonchev–Trinajstić information content (AvgIpc) is 3.29. The number of rotatable bonds is 4. The second-order valence-corrected chi connectivity index (χ2v) is 6.44. The molecule has 0 aliphatic heterocycles. The van der Waals surface area contributed by atoms with Gasteiger partial charge < -0.3 is 5.32 Å². The van der Waals surface area contributed by atoms with Crippen molar-refractivity contribution in [2.45, 2.75) is 25.2 Å². The zero-order chi connectivity index (χ0) is 16.7. The molecule has 0 saturated heterocycles. The minimum atomic E-state index is -0.236. The molecular formula is C19H18FN3O. The highest BCUT2D eigenvalue weighted by molar-refractivity contribution is 5.94. The highest BCUT2D eigenvalue weighted by atomic mass is 19.1. The maximum atomic E-state index is 13.1. The van der Waals surface area contributed by atoms with Crippen LogP contribution >= 0.6 is 0 Å². The Bertz CT molecular complexity index is 910. The highest BCUT2D eigenvalue weighted by Crippen LogP contribution is 2.47. The van der Waals surface area contributed by atoms with E-state index in [-0.39, 0.29) is 17.1 Å². The Balaban J connectivity index is 1.54. The molecule has 1 N–H and O–H groups in total. The standard InChI is InChI=1S/C19H18FN3O/c1-13-17(23-11-3-2-4-16(23)22-13)18(24)21-12-19(9-10-19)14-5-7-15(20)8-6-14/h2-8,11H,9-10,12H2,1H3,(H,21,24). The van der Waals surface area contributed by atoms with Gasteiger partial charge in [0.25, 0.3) is 5.91 Å². The summed E-state index contributed by atoms with van der Waals surface area (Å²) in [6.07, 6.45) is 3.85. The average molecular weight is 323 g/mol. The molecular weight excluding hydrogens is 305 g/mol. The molecule has 1 aliphatic carbocycles. The quantitative estimate of drug-likeness (QED) is 0.801. The van der Waals surface area contributed by atoms with Crippen LogP contribution in [0.15, 0.2) is 48.7 Å². The number of carbonyl (C=O) groups is 1. The van der Waals surface area contributed by atoms with Gasteiger partial charge in [-0.3, -0.25) is 9.20 Å². The molecule has 1 saturated carbocycles. The Labute approximate surface area is 139 Å². The smallest absolute Gasteiger partial charge is 0.270 e. The molecule has 1 fully saturated rings. The summed E-state index contributed by atoms with van der Waals surface area (Å²) in [4.78, 5) is 17.1. The van der Waals surface area contributed by atoms with E-state index in [9.17, 15) is 9.18 Å². The van der Waals surface area contributed by atoms with Crippen LogP contribution in [0.2, 0.25) is 0 Å². The predicted octanol–water partition coefficient (Wildman–Crippen LogP) is 3.24. The SMILES string of the molecule is Cc1nc2ccccn2c1C(=O)NCC1(c2ccc(F)cc2)CC1. The molecule has 1 amide bonds. The summed E-state index contributed by atoms with van der Waals surface area (Å²) in [7, 11) is 0. The third kappa shape index (κ3) is 2.46. The maximum absolute atomic E-state index is 13.1. The van der Waals surface area contributed by atoms with Crippen LogP contribution in [0.1, 0.15) is 34.6 Å². The van der Waals surface area contributed by atoms with E-state index in [2.05, 4.69) is 10.3 Å². The van der Waals surface area contributed by atoms with Crippen LogP contribution in [-0.2, 0) is 5.41 Å². The van der Waals surface area contributed by atoms with Crippen molar-refractivity contribution in [1.82, 2.24) is 14.7 Å². The predicted molar refractivity (Wildman–Crippen MR) is 89.6 cm³/mol. The number of aromatic nitrogens is 2. The lowest BCUT2D eigenvalue weighted by Crippen LogP contribution is -2.33. The topological polar surface area (TPSA) is 46.4 Å². The molecule has 1 aliphatic rings. The van der Waals surface area contributed by atoms with E-state index in [0.29, 0.717) is 17.9 Å². The van der Waals surface area contributed by atoms with Gasteiger partial charge in [-0.05, 0) is 49.6 Å². The minimum absolute atomic E-state index is 0.0578. The molecule has 0 atom stereocenters. The van der Waals surface area contributed by atoms with Crippen molar-refractivity contribution in [3.63, 3.8) is 0 Å². The molecule has 0 bridgehead atoms. The second kappa shape index (κ2) is 5.44. The zero-order valence-electron chi connectivity index (χ0n) is 13.4. The number of halogens is 1. The van der Waals surface area contributed by atoms with Crippen LogP contribution < -0.4 is 5.32 Å². The van der Waals surface area contributed by atoms with Crippen molar-refractivity contribution in [2.24, 2.45) is 0 Å². The van der Waals surface area contributed by atoms with E-state index in [4.69, 9.17) is 0 Å². The number of aryl methyl sites for hydroxylation is 1. The van der Waals surface area contributed by atoms with Crippen molar-refractivity contribution in [1.29, 1.82) is 0 Å². The van der Waals surface area contributed by atoms with Crippen molar-refractivity contribution in [2.75, 3.05) is 6.54 Å². The van der Waals surface area contributed by atoms with E-state index in [1.807, 2.05) is 47.9 Å². The molecule has 24 heavy (non-hydrogen) atoms. The van der Waals surface area contributed by atoms with Gasteiger partial charge >= 0.3 is 0 Å². The fourth-order valence-corrected chi connectivity index (χ4v) is 3.24. The first-order chi connectivity index (χ1) is 11.6. The van der Waals surface area contributed by atoms with Crippen molar-refractivity contribution < 1.29 is 9.18 Å². The van der Waals surface area contributed by atoms with Gasteiger partial charge in [0.05, 0.1) is 5.69 Å². The molecule has 122 valence electrons. The third-order valence-corrected chi connectivity index (χ3v) is 4.82. The maximum Gasteiger partial charge on any atom is 0.270 e. The summed E-state index contributed by atoms with van der Waals surface area (Å²) < 4.78 is 14.9. The van der Waals surface area contributed by atoms with E-state index in [1.165, 1.54) is 12.1 Å². The molecule has 0 unspecified atom stereocenters. The summed E-state index contributed by atoms with van der Waals surface area (Å²) in [6.45, 7) is 2.39. The third-order valence-electron chi connectivity index (χ3n) is 4.82. The van der Waals surface area contributed by atoms with Gasteiger partial charge in [0.15, 0.2) is 0 Å². The van der Waals surface area contributed by atoms with Crippen LogP contribution in [0.4, 0.5) is 4.39 Å². The molecule has 4 nitrogen and oxygen atoms in total. The summed E-state index contributed by atoms with van der Waals surface area (Å²) >= 11 is 0. The molecule has 2 heterocycles. The van der Waals surface area contributed by atoms with Crippen LogP contribution in [0.3, 0.4) is 0 Å². The fourth-order valence-electron chi connectivity index (χ4n) is 3.24. The number of imidazole rings is 1. The van der Waals surface area contributed by atoms with Gasteiger partial charge in [0, 0.05) is 18.2 Å². The van der Waals surface area contributed by atoms with Crippen molar-refractivity contribution in [3.05, 3.63) is 71.4 Å². The summed E-state index contributed by atoms with van der Waals surface area (Å²) in [5.74, 6) is -0.362. The number of nitrogens with one attached hydrogen (secondary N) is 1. The normalized spacial score (nSPS) is 15.4. The van der Waals surface area contributed by atoms with Gasteiger partial charge in [-0.15, -0.1) is 0 Å². The lowest BCUT2D eigenvalue weighted by molar-refractivity contribution is 0.0943. The Hall–Kier alpha value is -2.69. The lowest BCUT2D eigenvalue weighted by atomic mass is 9.96. The first-order valence-electron chi connectivity index (χ1n) is 8.07. The number of carbonyl (C=O) groups excluding carboxylic acids is 1. The number of amides is 1. The number of nitrogens with zero attached hydrogens (tertiary/aromatic N) is 2. The number of pyridine rings is 1. The van der Waals surface area contributed by atoms with Gasteiger partial charge in [0.1, 0.15) is 17.2 Å². The van der Waals surface area contributed by atoms with Crippen LogP contribution in [0.25, 0.3) is 5.65 Å². The second-order valence-electron chi connectivity index (χ2n) is 6.44. The highest BCUT2D eigenvalue weighted by Gasteiger charge is 2.44.